The second-order valence-corrected chi connectivity index (χ2v) is 6.65. The van der Waals surface area contributed by atoms with Crippen molar-refractivity contribution in [3.05, 3.63) is 54.2 Å². The Morgan fingerprint density at radius 1 is 1.28 bits per heavy atom. The smallest absolute Gasteiger partial charge is 0.237 e. The van der Waals surface area contributed by atoms with Crippen molar-refractivity contribution in [3.8, 4) is 6.07 Å². The summed E-state index contributed by atoms with van der Waals surface area (Å²) in [7, 11) is 0. The first kappa shape index (κ1) is 16.7. The van der Waals surface area contributed by atoms with E-state index in [9.17, 15) is 4.79 Å². The summed E-state index contributed by atoms with van der Waals surface area (Å²) in [5.74, 6) is -0.0467. The van der Waals surface area contributed by atoms with Gasteiger partial charge in [-0.1, -0.05) is 48.2 Å². The monoisotopic (exact) mass is 349 g/mol. The molecule has 0 spiro atoms. The Morgan fingerprint density at radius 2 is 2.04 bits per heavy atom. The summed E-state index contributed by atoms with van der Waals surface area (Å²) in [5, 5.41) is 13.8. The summed E-state index contributed by atoms with van der Waals surface area (Å²) in [4.78, 5) is 20.6. The molecule has 0 saturated heterocycles. The number of nitrogens with two attached hydrogens (primary N) is 1. The fourth-order valence-electron chi connectivity index (χ4n) is 2.30. The molecule has 6 nitrogen and oxygen atoms in total. The number of fused-ring (bicyclic) bond motifs is 1. The molecule has 3 aromatic rings. The van der Waals surface area contributed by atoms with E-state index in [0.717, 1.165) is 16.5 Å². The molecule has 1 atom stereocenters. The van der Waals surface area contributed by atoms with Gasteiger partial charge in [-0.2, -0.15) is 5.26 Å². The number of anilines is 2. The maximum atomic E-state index is 12.5. The minimum Gasteiger partial charge on any atom is -0.382 e. The van der Waals surface area contributed by atoms with E-state index in [2.05, 4.69) is 15.3 Å². The fraction of sp³-hybridized carbons (Fsp3) is 0.111. The van der Waals surface area contributed by atoms with Gasteiger partial charge in [-0.3, -0.25) is 4.79 Å². The molecule has 0 aliphatic carbocycles. The van der Waals surface area contributed by atoms with Crippen LogP contribution in [0.5, 0.6) is 0 Å². The van der Waals surface area contributed by atoms with Crippen LogP contribution in [0, 0.1) is 11.3 Å². The lowest BCUT2D eigenvalue weighted by Crippen LogP contribution is -2.22. The van der Waals surface area contributed by atoms with Crippen molar-refractivity contribution in [3.63, 3.8) is 0 Å². The number of benzene rings is 2. The van der Waals surface area contributed by atoms with Gasteiger partial charge in [0.1, 0.15) is 17.5 Å². The Bertz CT molecular complexity index is 977. The molecular weight excluding hydrogens is 334 g/mol. The minimum atomic E-state index is -0.425. The van der Waals surface area contributed by atoms with E-state index in [1.54, 1.807) is 6.92 Å². The van der Waals surface area contributed by atoms with E-state index in [4.69, 9.17) is 11.0 Å². The van der Waals surface area contributed by atoms with Crippen LogP contribution in [-0.2, 0) is 4.79 Å². The molecule has 0 bridgehead atoms. The van der Waals surface area contributed by atoms with Crippen molar-refractivity contribution in [2.24, 2.45) is 0 Å². The number of carbonyl (C=O) groups is 1. The molecule has 0 fully saturated rings. The summed E-state index contributed by atoms with van der Waals surface area (Å²) in [6.07, 6.45) is 1.36. The molecule has 0 aliphatic heterocycles. The minimum absolute atomic E-state index is 0.113. The molecule has 0 saturated carbocycles. The van der Waals surface area contributed by atoms with Gasteiger partial charge in [0.25, 0.3) is 0 Å². The van der Waals surface area contributed by atoms with Crippen LogP contribution >= 0.6 is 11.8 Å². The van der Waals surface area contributed by atoms with Crippen LogP contribution in [0.15, 0.2) is 53.8 Å². The van der Waals surface area contributed by atoms with Crippen LogP contribution in [0.1, 0.15) is 12.5 Å². The molecule has 0 unspecified atom stereocenters. The number of nitrogens with one attached hydrogen (secondary N) is 1. The number of carbonyl (C=O) groups excluding carboxylic acids is 1. The molecule has 2 aromatic carbocycles. The molecule has 124 valence electrons. The van der Waals surface area contributed by atoms with Crippen molar-refractivity contribution >= 4 is 39.9 Å². The fourth-order valence-corrected chi connectivity index (χ4v) is 3.05. The number of nitrogen functional groups attached to an aromatic ring is 1. The molecular formula is C18H15N5OS. The number of thioether (sulfide) groups is 1. The molecule has 3 rings (SSSR count). The van der Waals surface area contributed by atoms with Gasteiger partial charge in [0.2, 0.25) is 5.91 Å². The van der Waals surface area contributed by atoms with Crippen molar-refractivity contribution in [2.45, 2.75) is 17.3 Å². The van der Waals surface area contributed by atoms with Crippen LogP contribution in [0.4, 0.5) is 11.5 Å². The van der Waals surface area contributed by atoms with Crippen LogP contribution in [-0.4, -0.2) is 21.1 Å². The van der Waals surface area contributed by atoms with Crippen LogP contribution in [0.2, 0.25) is 0 Å². The number of aromatic nitrogens is 2. The van der Waals surface area contributed by atoms with Crippen LogP contribution in [0.3, 0.4) is 0 Å². The number of amides is 1. The molecule has 3 N–H and O–H groups in total. The van der Waals surface area contributed by atoms with Gasteiger partial charge < -0.3 is 11.1 Å². The van der Waals surface area contributed by atoms with Gasteiger partial charge in [-0.05, 0) is 18.4 Å². The van der Waals surface area contributed by atoms with E-state index in [1.165, 1.54) is 18.0 Å². The summed E-state index contributed by atoms with van der Waals surface area (Å²) in [6.45, 7) is 1.77. The molecule has 7 heteroatoms. The second-order valence-electron chi connectivity index (χ2n) is 5.34. The molecule has 1 heterocycles. The van der Waals surface area contributed by atoms with Gasteiger partial charge in [-0.15, -0.1) is 0 Å². The zero-order valence-corrected chi connectivity index (χ0v) is 14.2. The largest absolute Gasteiger partial charge is 0.382 e. The van der Waals surface area contributed by atoms with E-state index in [-0.39, 0.29) is 17.3 Å². The predicted octanol–water partition coefficient (Wildman–Crippen LogP) is 3.20. The van der Waals surface area contributed by atoms with Gasteiger partial charge in [-0.25, -0.2) is 9.97 Å². The van der Waals surface area contributed by atoms with Crippen molar-refractivity contribution in [1.29, 1.82) is 5.26 Å². The standard InChI is InChI=1S/C18H15N5OS/c1-11(25-18-21-10-13(9-19)16(20)23-18)17(24)22-15-8-4-6-12-5-2-3-7-14(12)15/h2-8,10-11H,1H3,(H,22,24)(H2,20,21,23)/t11-/m0/s1. The summed E-state index contributed by atoms with van der Waals surface area (Å²) < 4.78 is 0. The summed E-state index contributed by atoms with van der Waals surface area (Å²) in [5.41, 5.74) is 6.66. The lowest BCUT2D eigenvalue weighted by atomic mass is 10.1. The topological polar surface area (TPSA) is 105 Å². The number of nitriles is 1. The lowest BCUT2D eigenvalue weighted by molar-refractivity contribution is -0.115. The zero-order valence-electron chi connectivity index (χ0n) is 13.4. The van der Waals surface area contributed by atoms with E-state index in [0.29, 0.717) is 5.16 Å². The summed E-state index contributed by atoms with van der Waals surface area (Å²) >= 11 is 1.19. The molecule has 0 aliphatic rings. The van der Waals surface area contributed by atoms with Crippen molar-refractivity contribution in [2.75, 3.05) is 11.1 Å². The number of hydrogen-bond acceptors (Lipinski definition) is 6. The average molecular weight is 349 g/mol. The third kappa shape index (κ3) is 3.70. The Morgan fingerprint density at radius 3 is 2.80 bits per heavy atom. The first-order valence-corrected chi connectivity index (χ1v) is 8.44. The van der Waals surface area contributed by atoms with E-state index >= 15 is 0 Å². The highest BCUT2D eigenvalue weighted by Gasteiger charge is 2.17. The highest BCUT2D eigenvalue weighted by molar-refractivity contribution is 8.00. The average Bonchev–Trinajstić information content (AvgIpc) is 2.62. The summed E-state index contributed by atoms with van der Waals surface area (Å²) in [6, 6.07) is 15.5. The SMILES string of the molecule is C[C@H](Sc1ncc(C#N)c(N)n1)C(=O)Nc1cccc2ccccc12. The quantitative estimate of drug-likeness (QED) is 0.553. The predicted molar refractivity (Wildman–Crippen MR) is 99.1 cm³/mol. The Labute approximate surface area is 149 Å². The lowest BCUT2D eigenvalue weighted by Gasteiger charge is -2.13. The third-order valence-corrected chi connectivity index (χ3v) is 4.59. The number of hydrogen-bond donors (Lipinski definition) is 2. The zero-order chi connectivity index (χ0) is 17.8. The van der Waals surface area contributed by atoms with Crippen molar-refractivity contribution in [1.82, 2.24) is 9.97 Å². The number of nitrogens with zero attached hydrogens (tertiary/aromatic N) is 3. The molecule has 0 radical (unpaired) electrons. The van der Waals surface area contributed by atoms with Crippen LogP contribution < -0.4 is 11.1 Å². The van der Waals surface area contributed by atoms with E-state index in [1.807, 2.05) is 48.5 Å². The van der Waals surface area contributed by atoms with Crippen LogP contribution in [0.25, 0.3) is 10.8 Å². The van der Waals surface area contributed by atoms with Crippen molar-refractivity contribution < 1.29 is 4.79 Å². The first-order valence-electron chi connectivity index (χ1n) is 7.56. The molecule has 1 amide bonds. The Hall–Kier alpha value is -3.11. The Kier molecular flexibility index (Phi) is 4.82. The number of rotatable bonds is 4. The Balaban J connectivity index is 1.74. The van der Waals surface area contributed by atoms with E-state index < -0.39 is 5.25 Å². The highest BCUT2D eigenvalue weighted by Crippen LogP contribution is 2.26. The van der Waals surface area contributed by atoms with Gasteiger partial charge in [0.15, 0.2) is 5.16 Å². The maximum Gasteiger partial charge on any atom is 0.237 e. The van der Waals surface area contributed by atoms with Gasteiger partial charge >= 0.3 is 0 Å². The van der Waals surface area contributed by atoms with Gasteiger partial charge in [0.05, 0.1) is 11.4 Å². The first-order chi connectivity index (χ1) is 12.1. The maximum absolute atomic E-state index is 12.5. The molecule has 25 heavy (non-hydrogen) atoms. The second kappa shape index (κ2) is 7.20. The van der Waals surface area contributed by atoms with Gasteiger partial charge in [0, 0.05) is 11.1 Å². The molecule has 1 aromatic heterocycles. The highest BCUT2D eigenvalue weighted by atomic mass is 32.2. The normalized spacial score (nSPS) is 11.7. The third-order valence-electron chi connectivity index (χ3n) is 3.62.